The van der Waals surface area contributed by atoms with Crippen molar-refractivity contribution in [2.75, 3.05) is 44.8 Å². The van der Waals surface area contributed by atoms with E-state index in [-0.39, 0.29) is 0 Å². The smallest absolute Gasteiger partial charge is 0.157 e. The van der Waals surface area contributed by atoms with Gasteiger partial charge in [0.25, 0.3) is 0 Å². The van der Waals surface area contributed by atoms with Crippen LogP contribution in [0.1, 0.15) is 5.56 Å². The summed E-state index contributed by atoms with van der Waals surface area (Å²) in [6, 6.07) is 14.4. The summed E-state index contributed by atoms with van der Waals surface area (Å²) >= 11 is 1.71. The molecule has 0 saturated carbocycles. The van der Waals surface area contributed by atoms with Crippen LogP contribution in [0.5, 0.6) is 5.75 Å². The van der Waals surface area contributed by atoms with E-state index in [4.69, 9.17) is 14.5 Å². The molecule has 0 spiro atoms. The number of ether oxygens (including phenoxy) is 2. The van der Waals surface area contributed by atoms with Gasteiger partial charge in [-0.25, -0.2) is 9.97 Å². The van der Waals surface area contributed by atoms with Crippen LogP contribution in [0.4, 0.5) is 11.5 Å². The van der Waals surface area contributed by atoms with E-state index in [0.29, 0.717) is 12.4 Å². The summed E-state index contributed by atoms with van der Waals surface area (Å²) in [4.78, 5) is 11.8. The van der Waals surface area contributed by atoms with Gasteiger partial charge in [-0.1, -0.05) is 18.2 Å². The molecule has 0 amide bonds. The number of morpholine rings is 1. The minimum absolute atomic E-state index is 0.645. The number of aromatic nitrogens is 4. The van der Waals surface area contributed by atoms with Crippen molar-refractivity contribution in [2.45, 2.75) is 6.92 Å². The SMILES string of the molecule is Cc1ccc(OCCN2CCOCC2)cc1Nc1nc2c(-c3ncn[nH]3)cccc2c2sccc12. The highest BCUT2D eigenvalue weighted by Gasteiger charge is 2.16. The predicted molar refractivity (Wildman–Crippen MR) is 140 cm³/mol. The molecule has 0 radical (unpaired) electrons. The quantitative estimate of drug-likeness (QED) is 0.335. The number of para-hydroxylation sites is 1. The molecule has 2 N–H and O–H groups in total. The first-order chi connectivity index (χ1) is 17.3. The van der Waals surface area contributed by atoms with E-state index in [2.05, 4.69) is 62.0 Å². The van der Waals surface area contributed by atoms with Gasteiger partial charge in [0.2, 0.25) is 0 Å². The molecule has 0 atom stereocenters. The van der Waals surface area contributed by atoms with E-state index < -0.39 is 0 Å². The topological polar surface area (TPSA) is 88.2 Å². The summed E-state index contributed by atoms with van der Waals surface area (Å²) in [6.07, 6.45) is 1.52. The van der Waals surface area contributed by atoms with Crippen LogP contribution >= 0.6 is 11.3 Å². The lowest BCUT2D eigenvalue weighted by Crippen LogP contribution is -2.38. The molecule has 0 aliphatic carbocycles. The summed E-state index contributed by atoms with van der Waals surface area (Å²) in [5.41, 5.74) is 3.91. The maximum absolute atomic E-state index is 6.09. The molecule has 0 unspecified atom stereocenters. The van der Waals surface area contributed by atoms with Gasteiger partial charge < -0.3 is 14.8 Å². The number of H-pyrrole nitrogens is 1. The number of hydrogen-bond donors (Lipinski definition) is 2. The minimum atomic E-state index is 0.645. The van der Waals surface area contributed by atoms with E-state index in [9.17, 15) is 0 Å². The number of pyridine rings is 1. The standard InChI is InChI=1S/C26H26N6O2S/c1-17-5-6-18(34-13-10-32-8-11-33-12-9-32)15-22(17)29-26-21-7-14-35-24(21)19-3-2-4-20(23(19)30-26)25-27-16-28-31-25/h2-7,14-16H,8-13H2,1H3,(H,29,30)(H,27,28,31). The Kier molecular flexibility index (Phi) is 6.03. The molecule has 35 heavy (non-hydrogen) atoms. The fourth-order valence-electron chi connectivity index (χ4n) is 4.42. The Morgan fingerprint density at radius 3 is 2.91 bits per heavy atom. The number of anilines is 2. The minimum Gasteiger partial charge on any atom is -0.492 e. The molecule has 1 saturated heterocycles. The number of nitrogens with zero attached hydrogens (tertiary/aromatic N) is 4. The second kappa shape index (κ2) is 9.61. The molecule has 4 heterocycles. The lowest BCUT2D eigenvalue weighted by Gasteiger charge is -2.26. The van der Waals surface area contributed by atoms with Gasteiger partial charge >= 0.3 is 0 Å². The highest BCUT2D eigenvalue weighted by atomic mass is 32.1. The van der Waals surface area contributed by atoms with Crippen molar-refractivity contribution in [3.8, 4) is 17.1 Å². The van der Waals surface area contributed by atoms with Crippen LogP contribution in [-0.2, 0) is 4.74 Å². The van der Waals surface area contributed by atoms with Gasteiger partial charge in [-0.05, 0) is 36.1 Å². The van der Waals surface area contributed by atoms with Gasteiger partial charge in [0.05, 0.1) is 18.7 Å². The molecule has 0 bridgehead atoms. The maximum Gasteiger partial charge on any atom is 0.157 e. The summed E-state index contributed by atoms with van der Waals surface area (Å²) in [5.74, 6) is 2.36. The van der Waals surface area contributed by atoms with Crippen molar-refractivity contribution >= 4 is 43.8 Å². The van der Waals surface area contributed by atoms with Crippen molar-refractivity contribution in [1.29, 1.82) is 0 Å². The van der Waals surface area contributed by atoms with Crippen molar-refractivity contribution in [3.05, 3.63) is 59.7 Å². The van der Waals surface area contributed by atoms with Gasteiger partial charge in [0, 0.05) is 52.4 Å². The van der Waals surface area contributed by atoms with Gasteiger partial charge in [0.1, 0.15) is 24.5 Å². The first kappa shape index (κ1) is 22.0. The Balaban J connectivity index is 1.31. The van der Waals surface area contributed by atoms with Gasteiger partial charge in [-0.3, -0.25) is 10.00 Å². The molecule has 2 aromatic carbocycles. The third-order valence-corrected chi connectivity index (χ3v) is 7.28. The summed E-state index contributed by atoms with van der Waals surface area (Å²) in [6.45, 7) is 7.15. The number of fused-ring (bicyclic) bond motifs is 3. The first-order valence-electron chi connectivity index (χ1n) is 11.7. The molecule has 5 aromatic rings. The lowest BCUT2D eigenvalue weighted by molar-refractivity contribution is 0.0322. The highest BCUT2D eigenvalue weighted by Crippen LogP contribution is 2.38. The van der Waals surface area contributed by atoms with Crippen molar-refractivity contribution < 1.29 is 9.47 Å². The number of thiophene rings is 1. The average molecular weight is 487 g/mol. The number of rotatable bonds is 7. The molecule has 6 rings (SSSR count). The zero-order valence-corrected chi connectivity index (χ0v) is 20.3. The van der Waals surface area contributed by atoms with Crippen LogP contribution in [0.3, 0.4) is 0 Å². The molecule has 178 valence electrons. The van der Waals surface area contributed by atoms with Crippen LogP contribution in [-0.4, -0.2) is 64.5 Å². The van der Waals surface area contributed by atoms with Gasteiger partial charge in [-0.15, -0.1) is 11.3 Å². The molecule has 1 fully saturated rings. The fraction of sp³-hybridized carbons (Fsp3) is 0.269. The molecule has 1 aliphatic heterocycles. The van der Waals surface area contributed by atoms with Gasteiger partial charge in [0.15, 0.2) is 5.82 Å². The van der Waals surface area contributed by atoms with Crippen molar-refractivity contribution in [2.24, 2.45) is 0 Å². The molecular formula is C26H26N6O2S. The fourth-order valence-corrected chi connectivity index (χ4v) is 5.34. The number of nitrogens with one attached hydrogen (secondary N) is 2. The van der Waals surface area contributed by atoms with E-state index in [1.165, 1.54) is 11.0 Å². The monoisotopic (exact) mass is 486 g/mol. The normalized spacial score (nSPS) is 14.5. The van der Waals surface area contributed by atoms with E-state index >= 15 is 0 Å². The van der Waals surface area contributed by atoms with E-state index in [1.807, 2.05) is 18.2 Å². The number of aromatic amines is 1. The Hall–Kier alpha value is -3.53. The third kappa shape index (κ3) is 4.45. The van der Waals surface area contributed by atoms with Gasteiger partial charge in [-0.2, -0.15) is 5.10 Å². The Bertz CT molecular complexity index is 1460. The Morgan fingerprint density at radius 2 is 2.06 bits per heavy atom. The van der Waals surface area contributed by atoms with E-state index in [0.717, 1.165) is 77.5 Å². The average Bonchev–Trinajstić information content (AvgIpc) is 3.59. The molecule has 1 aliphatic rings. The second-order valence-electron chi connectivity index (χ2n) is 8.56. The van der Waals surface area contributed by atoms with Crippen LogP contribution in [0.25, 0.3) is 32.4 Å². The van der Waals surface area contributed by atoms with Crippen LogP contribution in [0.2, 0.25) is 0 Å². The highest BCUT2D eigenvalue weighted by molar-refractivity contribution is 7.18. The molecule has 3 aromatic heterocycles. The molecule has 8 nitrogen and oxygen atoms in total. The van der Waals surface area contributed by atoms with Crippen LogP contribution < -0.4 is 10.1 Å². The van der Waals surface area contributed by atoms with Crippen LogP contribution in [0.15, 0.2) is 54.2 Å². The number of hydrogen-bond acceptors (Lipinski definition) is 8. The second-order valence-corrected chi connectivity index (χ2v) is 9.48. The third-order valence-electron chi connectivity index (χ3n) is 6.34. The summed E-state index contributed by atoms with van der Waals surface area (Å²) in [5, 5.41) is 14.9. The van der Waals surface area contributed by atoms with Crippen LogP contribution in [0, 0.1) is 6.92 Å². The molecule has 9 heteroatoms. The molecular weight excluding hydrogens is 460 g/mol. The zero-order valence-electron chi connectivity index (χ0n) is 19.5. The Labute approximate surface area is 206 Å². The largest absolute Gasteiger partial charge is 0.492 e. The van der Waals surface area contributed by atoms with Crippen molar-refractivity contribution in [1.82, 2.24) is 25.1 Å². The predicted octanol–water partition coefficient (Wildman–Crippen LogP) is 5.00. The summed E-state index contributed by atoms with van der Waals surface area (Å²) < 4.78 is 12.7. The number of aryl methyl sites for hydroxylation is 1. The Morgan fingerprint density at radius 1 is 1.14 bits per heavy atom. The maximum atomic E-state index is 6.09. The first-order valence-corrected chi connectivity index (χ1v) is 12.6. The number of benzene rings is 2. The van der Waals surface area contributed by atoms with E-state index in [1.54, 1.807) is 11.3 Å². The van der Waals surface area contributed by atoms with Crippen molar-refractivity contribution in [3.63, 3.8) is 0 Å². The lowest BCUT2D eigenvalue weighted by atomic mass is 10.1. The summed E-state index contributed by atoms with van der Waals surface area (Å²) in [7, 11) is 0. The zero-order chi connectivity index (χ0) is 23.6.